The number of nitrogens with zero attached hydrogens (tertiary/aromatic N) is 2. The topological polar surface area (TPSA) is 74.7 Å². The SMILES string of the molecule is O=C(NCCO)c1cccnc1N1CCOCC1. The average Bonchev–Trinajstić information content (AvgIpc) is 2.45. The molecule has 1 amide bonds. The third kappa shape index (κ3) is 2.96. The van der Waals surface area contributed by atoms with Gasteiger partial charge in [-0.15, -0.1) is 0 Å². The highest BCUT2D eigenvalue weighted by molar-refractivity contribution is 5.98. The Bertz CT molecular complexity index is 405. The fraction of sp³-hybridized carbons (Fsp3) is 0.500. The van der Waals surface area contributed by atoms with Crippen LogP contribution in [0, 0.1) is 0 Å². The van der Waals surface area contributed by atoms with Crippen LogP contribution in [0.3, 0.4) is 0 Å². The molecule has 6 nitrogen and oxygen atoms in total. The molecule has 1 aliphatic heterocycles. The zero-order valence-corrected chi connectivity index (χ0v) is 10.1. The van der Waals surface area contributed by atoms with E-state index in [0.29, 0.717) is 24.6 Å². The molecular weight excluding hydrogens is 234 g/mol. The molecule has 0 aromatic carbocycles. The number of carbonyl (C=O) groups is 1. The van der Waals surface area contributed by atoms with Crippen LogP contribution in [0.4, 0.5) is 5.82 Å². The molecule has 1 aliphatic rings. The molecule has 98 valence electrons. The molecule has 0 radical (unpaired) electrons. The number of anilines is 1. The molecule has 0 saturated carbocycles. The highest BCUT2D eigenvalue weighted by atomic mass is 16.5. The van der Waals surface area contributed by atoms with Gasteiger partial charge in [-0.05, 0) is 12.1 Å². The van der Waals surface area contributed by atoms with Crippen LogP contribution in [-0.2, 0) is 4.74 Å². The predicted octanol–water partition coefficient (Wildman–Crippen LogP) is -0.360. The predicted molar refractivity (Wildman–Crippen MR) is 66.7 cm³/mol. The second kappa shape index (κ2) is 6.32. The molecule has 2 N–H and O–H groups in total. The van der Waals surface area contributed by atoms with E-state index in [9.17, 15) is 4.79 Å². The van der Waals surface area contributed by atoms with E-state index in [-0.39, 0.29) is 19.1 Å². The number of hydrogen-bond donors (Lipinski definition) is 2. The van der Waals surface area contributed by atoms with Crippen LogP contribution < -0.4 is 10.2 Å². The number of ether oxygens (including phenoxy) is 1. The summed E-state index contributed by atoms with van der Waals surface area (Å²) in [6.45, 7) is 2.94. The lowest BCUT2D eigenvalue weighted by Gasteiger charge is -2.29. The Hall–Kier alpha value is -1.66. The zero-order chi connectivity index (χ0) is 12.8. The zero-order valence-electron chi connectivity index (χ0n) is 10.1. The maximum absolute atomic E-state index is 11.9. The lowest BCUT2D eigenvalue weighted by Crippen LogP contribution is -2.38. The van der Waals surface area contributed by atoms with Gasteiger partial charge in [0.05, 0.1) is 25.4 Å². The van der Waals surface area contributed by atoms with E-state index in [1.807, 2.05) is 4.90 Å². The third-order valence-corrected chi connectivity index (χ3v) is 2.74. The van der Waals surface area contributed by atoms with Gasteiger partial charge >= 0.3 is 0 Å². The third-order valence-electron chi connectivity index (χ3n) is 2.74. The normalized spacial score (nSPS) is 15.5. The standard InChI is InChI=1S/C12H17N3O3/c16-7-4-14-12(17)10-2-1-3-13-11(10)15-5-8-18-9-6-15/h1-3,16H,4-9H2,(H,14,17). The summed E-state index contributed by atoms with van der Waals surface area (Å²) in [4.78, 5) is 18.3. The van der Waals surface area contributed by atoms with Gasteiger partial charge < -0.3 is 20.1 Å². The fourth-order valence-electron chi connectivity index (χ4n) is 1.87. The van der Waals surface area contributed by atoms with Gasteiger partial charge in [0.2, 0.25) is 0 Å². The smallest absolute Gasteiger partial charge is 0.255 e. The number of hydrogen-bond acceptors (Lipinski definition) is 5. The lowest BCUT2D eigenvalue weighted by atomic mass is 10.2. The van der Waals surface area contributed by atoms with Gasteiger partial charge in [0, 0.05) is 25.8 Å². The Balaban J connectivity index is 2.16. The van der Waals surface area contributed by atoms with Crippen LogP contribution >= 0.6 is 0 Å². The van der Waals surface area contributed by atoms with Crippen molar-refractivity contribution in [3.63, 3.8) is 0 Å². The van der Waals surface area contributed by atoms with Crippen molar-refractivity contribution in [1.29, 1.82) is 0 Å². The van der Waals surface area contributed by atoms with Gasteiger partial charge in [-0.25, -0.2) is 4.98 Å². The van der Waals surface area contributed by atoms with Crippen molar-refractivity contribution in [3.05, 3.63) is 23.9 Å². The highest BCUT2D eigenvalue weighted by Crippen LogP contribution is 2.18. The number of morpholine rings is 1. The summed E-state index contributed by atoms with van der Waals surface area (Å²) in [5, 5.41) is 11.4. The molecule has 0 spiro atoms. The summed E-state index contributed by atoms with van der Waals surface area (Å²) in [6.07, 6.45) is 1.67. The number of amides is 1. The molecular formula is C12H17N3O3. The molecule has 0 bridgehead atoms. The minimum absolute atomic E-state index is 0.0705. The maximum Gasteiger partial charge on any atom is 0.255 e. The first-order valence-electron chi connectivity index (χ1n) is 5.99. The monoisotopic (exact) mass is 251 g/mol. The fourth-order valence-corrected chi connectivity index (χ4v) is 1.87. The van der Waals surface area contributed by atoms with Crippen LogP contribution in [0.25, 0.3) is 0 Å². The van der Waals surface area contributed by atoms with Crippen molar-refractivity contribution in [2.24, 2.45) is 0 Å². The molecule has 1 fully saturated rings. The Labute approximate surface area is 106 Å². The Morgan fingerprint density at radius 2 is 2.28 bits per heavy atom. The van der Waals surface area contributed by atoms with Crippen molar-refractivity contribution < 1.29 is 14.6 Å². The molecule has 6 heteroatoms. The molecule has 2 rings (SSSR count). The Morgan fingerprint density at radius 3 is 3.00 bits per heavy atom. The highest BCUT2D eigenvalue weighted by Gasteiger charge is 2.19. The van der Waals surface area contributed by atoms with Crippen LogP contribution in [-0.4, -0.2) is 55.5 Å². The van der Waals surface area contributed by atoms with Gasteiger partial charge in [-0.2, -0.15) is 0 Å². The number of aliphatic hydroxyl groups is 1. The molecule has 1 aromatic heterocycles. The van der Waals surface area contributed by atoms with Gasteiger partial charge in [-0.3, -0.25) is 4.79 Å². The first-order valence-corrected chi connectivity index (χ1v) is 5.99. The molecule has 0 unspecified atom stereocenters. The molecule has 1 saturated heterocycles. The van der Waals surface area contributed by atoms with E-state index in [2.05, 4.69) is 10.3 Å². The van der Waals surface area contributed by atoms with Crippen LogP contribution in [0.2, 0.25) is 0 Å². The van der Waals surface area contributed by atoms with Gasteiger partial charge in [0.25, 0.3) is 5.91 Å². The average molecular weight is 251 g/mol. The summed E-state index contributed by atoms with van der Waals surface area (Å²) < 4.78 is 5.28. The minimum Gasteiger partial charge on any atom is -0.395 e. The van der Waals surface area contributed by atoms with Gasteiger partial charge in [0.1, 0.15) is 5.82 Å². The van der Waals surface area contributed by atoms with Crippen molar-refractivity contribution in [1.82, 2.24) is 10.3 Å². The van der Waals surface area contributed by atoms with Crippen molar-refractivity contribution in [2.75, 3.05) is 44.4 Å². The number of rotatable bonds is 4. The van der Waals surface area contributed by atoms with Gasteiger partial charge in [-0.1, -0.05) is 0 Å². The molecule has 2 heterocycles. The van der Waals surface area contributed by atoms with E-state index in [0.717, 1.165) is 13.1 Å². The van der Waals surface area contributed by atoms with E-state index >= 15 is 0 Å². The van der Waals surface area contributed by atoms with E-state index < -0.39 is 0 Å². The van der Waals surface area contributed by atoms with E-state index in [4.69, 9.17) is 9.84 Å². The molecule has 1 aromatic rings. The van der Waals surface area contributed by atoms with E-state index in [1.54, 1.807) is 18.3 Å². The summed E-state index contributed by atoms with van der Waals surface area (Å²) >= 11 is 0. The maximum atomic E-state index is 11.9. The summed E-state index contributed by atoms with van der Waals surface area (Å²) in [6, 6.07) is 3.47. The lowest BCUT2D eigenvalue weighted by molar-refractivity contribution is 0.0943. The summed E-state index contributed by atoms with van der Waals surface area (Å²) in [5.41, 5.74) is 0.535. The largest absolute Gasteiger partial charge is 0.395 e. The van der Waals surface area contributed by atoms with Crippen molar-refractivity contribution >= 4 is 11.7 Å². The number of nitrogens with one attached hydrogen (secondary N) is 1. The first-order chi connectivity index (χ1) is 8.83. The number of aromatic nitrogens is 1. The molecule has 0 atom stereocenters. The Morgan fingerprint density at radius 1 is 1.50 bits per heavy atom. The minimum atomic E-state index is -0.210. The van der Waals surface area contributed by atoms with Crippen molar-refractivity contribution in [3.8, 4) is 0 Å². The van der Waals surface area contributed by atoms with Crippen LogP contribution in [0.5, 0.6) is 0 Å². The summed E-state index contributed by atoms with van der Waals surface area (Å²) in [7, 11) is 0. The second-order valence-electron chi connectivity index (χ2n) is 3.95. The Kier molecular flexibility index (Phi) is 4.49. The van der Waals surface area contributed by atoms with Crippen LogP contribution in [0.1, 0.15) is 10.4 Å². The number of carbonyl (C=O) groups excluding carboxylic acids is 1. The number of aliphatic hydroxyl groups excluding tert-OH is 1. The molecule has 0 aliphatic carbocycles. The quantitative estimate of drug-likeness (QED) is 0.764. The number of pyridine rings is 1. The molecule has 18 heavy (non-hydrogen) atoms. The van der Waals surface area contributed by atoms with Gasteiger partial charge in [0.15, 0.2) is 0 Å². The van der Waals surface area contributed by atoms with E-state index in [1.165, 1.54) is 0 Å². The first kappa shape index (κ1) is 12.8. The van der Waals surface area contributed by atoms with Crippen LogP contribution in [0.15, 0.2) is 18.3 Å². The second-order valence-corrected chi connectivity index (χ2v) is 3.95. The summed E-state index contributed by atoms with van der Waals surface area (Å²) in [5.74, 6) is 0.467. The van der Waals surface area contributed by atoms with Crippen molar-refractivity contribution in [2.45, 2.75) is 0 Å².